The lowest BCUT2D eigenvalue weighted by Crippen LogP contribution is -2.07. The van der Waals surface area contributed by atoms with Crippen molar-refractivity contribution in [1.82, 2.24) is 10.2 Å². The fourth-order valence-electron chi connectivity index (χ4n) is 2.49. The maximum absolute atomic E-state index is 12.1. The van der Waals surface area contributed by atoms with Crippen LogP contribution in [0, 0.1) is 0 Å². The molecular formula is C19H14ClN3O3S. The fraction of sp³-hybridized carbons (Fsp3) is 0.105. The highest BCUT2D eigenvalue weighted by atomic mass is 35.5. The average Bonchev–Trinajstić information content (AvgIpc) is 3.30. The van der Waals surface area contributed by atoms with Gasteiger partial charge in [0.05, 0.1) is 0 Å². The molecule has 0 atom stereocenters. The Morgan fingerprint density at radius 1 is 1.15 bits per heavy atom. The van der Waals surface area contributed by atoms with Crippen molar-refractivity contribution in [2.75, 3.05) is 12.1 Å². The number of hydrogen-bond acceptors (Lipinski definition) is 6. The molecule has 0 saturated carbocycles. The molecule has 8 heteroatoms. The third-order valence-corrected chi connectivity index (χ3v) is 4.88. The van der Waals surface area contributed by atoms with Crippen LogP contribution in [0.25, 0.3) is 6.08 Å². The number of anilines is 1. The van der Waals surface area contributed by atoms with Gasteiger partial charge in [-0.05, 0) is 41.5 Å². The first-order valence-electron chi connectivity index (χ1n) is 8.11. The van der Waals surface area contributed by atoms with Crippen LogP contribution in [0.1, 0.15) is 16.1 Å². The molecule has 0 bridgehead atoms. The molecule has 1 N–H and O–H groups in total. The van der Waals surface area contributed by atoms with E-state index in [0.717, 1.165) is 16.1 Å². The van der Waals surface area contributed by atoms with Crippen molar-refractivity contribution in [3.8, 4) is 11.5 Å². The molecule has 0 radical (unpaired) electrons. The Bertz CT molecular complexity index is 1000. The number of hydrogen-bond donors (Lipinski definition) is 1. The summed E-state index contributed by atoms with van der Waals surface area (Å²) >= 11 is 7.23. The molecule has 0 saturated heterocycles. The number of halogens is 1. The molecule has 2 heterocycles. The molecule has 3 aromatic rings. The molecule has 0 fully saturated rings. The Balaban J connectivity index is 1.35. The molecule has 1 aromatic heterocycles. The molecule has 1 aliphatic heterocycles. The summed E-state index contributed by atoms with van der Waals surface area (Å²) in [6, 6.07) is 13.0. The van der Waals surface area contributed by atoms with Gasteiger partial charge in [0.15, 0.2) is 11.5 Å². The number of fused-ring (bicyclic) bond motifs is 1. The first kappa shape index (κ1) is 17.5. The second-order valence-corrected chi connectivity index (χ2v) is 7.24. The molecule has 2 aromatic carbocycles. The van der Waals surface area contributed by atoms with Crippen molar-refractivity contribution in [2.24, 2.45) is 0 Å². The van der Waals surface area contributed by atoms with Gasteiger partial charge in [-0.3, -0.25) is 10.1 Å². The van der Waals surface area contributed by atoms with Crippen LogP contribution < -0.4 is 14.8 Å². The van der Waals surface area contributed by atoms with Crippen LogP contribution in [0.3, 0.4) is 0 Å². The third-order valence-electron chi connectivity index (χ3n) is 3.79. The van der Waals surface area contributed by atoms with Crippen LogP contribution in [0.5, 0.6) is 11.5 Å². The first-order valence-corrected chi connectivity index (χ1v) is 9.31. The number of carbonyl (C=O) groups excluding carboxylic acids is 1. The number of benzene rings is 2. The van der Waals surface area contributed by atoms with Crippen LogP contribution in [-0.2, 0) is 11.2 Å². The van der Waals surface area contributed by atoms with Crippen molar-refractivity contribution in [3.63, 3.8) is 0 Å². The molecule has 4 rings (SSSR count). The van der Waals surface area contributed by atoms with E-state index in [-0.39, 0.29) is 12.7 Å². The summed E-state index contributed by atoms with van der Waals surface area (Å²) in [5.74, 6) is 1.11. The zero-order valence-corrected chi connectivity index (χ0v) is 15.6. The molecular weight excluding hydrogens is 386 g/mol. The van der Waals surface area contributed by atoms with Gasteiger partial charge in [-0.1, -0.05) is 41.1 Å². The number of amides is 1. The molecule has 1 aliphatic rings. The van der Waals surface area contributed by atoms with Crippen LogP contribution in [0.2, 0.25) is 5.02 Å². The van der Waals surface area contributed by atoms with Gasteiger partial charge in [-0.25, -0.2) is 0 Å². The van der Waals surface area contributed by atoms with E-state index in [1.54, 1.807) is 6.08 Å². The normalized spacial score (nSPS) is 12.5. The number of ether oxygens (including phenoxy) is 2. The molecule has 6 nitrogen and oxygen atoms in total. The van der Waals surface area contributed by atoms with Gasteiger partial charge in [0.1, 0.15) is 5.01 Å². The summed E-state index contributed by atoms with van der Waals surface area (Å²) in [6.45, 7) is 0.221. The Morgan fingerprint density at radius 3 is 2.81 bits per heavy atom. The standard InChI is InChI=1S/C19H14ClN3O3S/c20-14-5-1-13(2-6-14)10-18-22-23-19(27-18)21-17(24)8-4-12-3-7-15-16(9-12)26-11-25-15/h1-9H,10-11H2,(H,21,23,24). The highest BCUT2D eigenvalue weighted by molar-refractivity contribution is 7.15. The smallest absolute Gasteiger partial charge is 0.250 e. The molecule has 136 valence electrons. The predicted octanol–water partition coefficient (Wildman–Crippen LogP) is 4.16. The van der Waals surface area contributed by atoms with Crippen molar-refractivity contribution < 1.29 is 14.3 Å². The van der Waals surface area contributed by atoms with Crippen LogP contribution in [0.15, 0.2) is 48.5 Å². The average molecular weight is 400 g/mol. The number of aromatic nitrogens is 2. The second kappa shape index (κ2) is 7.77. The number of nitrogens with zero attached hydrogens (tertiary/aromatic N) is 2. The summed E-state index contributed by atoms with van der Waals surface area (Å²) in [6.07, 6.45) is 3.78. The van der Waals surface area contributed by atoms with Gasteiger partial charge >= 0.3 is 0 Å². The predicted molar refractivity (Wildman–Crippen MR) is 104 cm³/mol. The van der Waals surface area contributed by atoms with Gasteiger partial charge in [0, 0.05) is 17.5 Å². The van der Waals surface area contributed by atoms with Crippen LogP contribution in [0.4, 0.5) is 5.13 Å². The van der Waals surface area contributed by atoms with Crippen molar-refractivity contribution in [2.45, 2.75) is 6.42 Å². The number of carbonyl (C=O) groups is 1. The quantitative estimate of drug-likeness (QED) is 0.652. The van der Waals surface area contributed by atoms with E-state index in [4.69, 9.17) is 21.1 Å². The maximum Gasteiger partial charge on any atom is 0.250 e. The fourth-order valence-corrected chi connectivity index (χ4v) is 3.39. The Labute approximate surface area is 164 Å². The Kier molecular flexibility index (Phi) is 5.04. The van der Waals surface area contributed by atoms with E-state index < -0.39 is 0 Å². The Morgan fingerprint density at radius 2 is 1.96 bits per heavy atom. The number of rotatable bonds is 5. The van der Waals surface area contributed by atoms with Crippen molar-refractivity contribution in [1.29, 1.82) is 0 Å². The van der Waals surface area contributed by atoms with Crippen molar-refractivity contribution in [3.05, 3.63) is 69.7 Å². The van der Waals surface area contributed by atoms with Gasteiger partial charge in [0.2, 0.25) is 17.8 Å². The lowest BCUT2D eigenvalue weighted by atomic mass is 10.2. The summed E-state index contributed by atoms with van der Waals surface area (Å²) < 4.78 is 10.6. The summed E-state index contributed by atoms with van der Waals surface area (Å²) in [5, 5.41) is 12.8. The van der Waals surface area contributed by atoms with E-state index in [2.05, 4.69) is 15.5 Å². The minimum absolute atomic E-state index is 0.221. The maximum atomic E-state index is 12.1. The summed E-state index contributed by atoms with van der Waals surface area (Å²) in [4.78, 5) is 12.1. The lowest BCUT2D eigenvalue weighted by Gasteiger charge is -1.98. The summed E-state index contributed by atoms with van der Waals surface area (Å²) in [7, 11) is 0. The molecule has 0 unspecified atom stereocenters. The largest absolute Gasteiger partial charge is 0.454 e. The zero-order valence-electron chi connectivity index (χ0n) is 14.0. The van der Waals surface area contributed by atoms with Gasteiger partial charge < -0.3 is 9.47 Å². The minimum Gasteiger partial charge on any atom is -0.454 e. The van der Waals surface area contributed by atoms with Crippen LogP contribution in [-0.4, -0.2) is 22.9 Å². The SMILES string of the molecule is O=C(C=Cc1ccc2c(c1)OCO2)Nc1nnc(Cc2ccc(Cl)cc2)s1. The highest BCUT2D eigenvalue weighted by Gasteiger charge is 2.12. The second-order valence-electron chi connectivity index (χ2n) is 5.74. The van der Waals surface area contributed by atoms with E-state index in [1.165, 1.54) is 17.4 Å². The minimum atomic E-state index is -0.276. The van der Waals surface area contributed by atoms with Gasteiger partial charge in [-0.15, -0.1) is 10.2 Å². The Hall–Kier alpha value is -2.90. The van der Waals surface area contributed by atoms with E-state index >= 15 is 0 Å². The lowest BCUT2D eigenvalue weighted by molar-refractivity contribution is -0.111. The summed E-state index contributed by atoms with van der Waals surface area (Å²) in [5.41, 5.74) is 1.92. The van der Waals surface area contributed by atoms with Crippen LogP contribution >= 0.6 is 22.9 Å². The third kappa shape index (κ3) is 4.45. The molecule has 1 amide bonds. The van der Waals surface area contributed by atoms with Gasteiger partial charge in [-0.2, -0.15) is 0 Å². The molecule has 0 spiro atoms. The molecule has 27 heavy (non-hydrogen) atoms. The van der Waals surface area contributed by atoms with E-state index in [0.29, 0.717) is 28.1 Å². The van der Waals surface area contributed by atoms with Crippen molar-refractivity contribution >= 4 is 40.1 Å². The van der Waals surface area contributed by atoms with E-state index in [9.17, 15) is 4.79 Å². The van der Waals surface area contributed by atoms with Gasteiger partial charge in [0.25, 0.3) is 0 Å². The zero-order chi connectivity index (χ0) is 18.6. The monoisotopic (exact) mass is 399 g/mol. The molecule has 0 aliphatic carbocycles. The first-order chi connectivity index (χ1) is 13.2. The topological polar surface area (TPSA) is 73.3 Å². The highest BCUT2D eigenvalue weighted by Crippen LogP contribution is 2.32. The van der Waals surface area contributed by atoms with E-state index in [1.807, 2.05) is 42.5 Å². The number of nitrogens with one attached hydrogen (secondary N) is 1.